The second-order valence-electron chi connectivity index (χ2n) is 5.79. The highest BCUT2D eigenvalue weighted by Gasteiger charge is 2.31. The number of hydrogen-bond donors (Lipinski definition) is 1. The molecule has 1 atom stereocenters. The van der Waals surface area contributed by atoms with Crippen LogP contribution in [0.5, 0.6) is 11.5 Å². The standard InChI is InChI=1S/C17H17N3O4/c21-17(22)12-9-19-15(10-18-12)20-6-2-4-13(20)11-3-1-5-14-16(11)24-8-7-23-14/h1,3,5,9-10,13H,2,4,6-8H2,(H,21,22). The van der Waals surface area contributed by atoms with Gasteiger partial charge in [0.2, 0.25) is 0 Å². The predicted molar refractivity (Wildman–Crippen MR) is 85.7 cm³/mol. The number of fused-ring (bicyclic) bond motifs is 1. The molecule has 0 bridgehead atoms. The second kappa shape index (κ2) is 5.99. The van der Waals surface area contributed by atoms with Crippen LogP contribution in [-0.4, -0.2) is 40.8 Å². The van der Waals surface area contributed by atoms with Gasteiger partial charge in [-0.3, -0.25) is 0 Å². The summed E-state index contributed by atoms with van der Waals surface area (Å²) < 4.78 is 11.5. The van der Waals surface area contributed by atoms with Crippen LogP contribution in [0.4, 0.5) is 5.82 Å². The van der Waals surface area contributed by atoms with Gasteiger partial charge in [0.25, 0.3) is 0 Å². The molecule has 2 aliphatic heterocycles. The summed E-state index contributed by atoms with van der Waals surface area (Å²) in [6.45, 7) is 1.95. The molecule has 2 aromatic rings. The molecule has 1 N–H and O–H groups in total. The Morgan fingerprint density at radius 2 is 2.08 bits per heavy atom. The molecule has 24 heavy (non-hydrogen) atoms. The average Bonchev–Trinajstić information content (AvgIpc) is 3.11. The Labute approximate surface area is 138 Å². The summed E-state index contributed by atoms with van der Waals surface area (Å²) in [5.41, 5.74) is 1.03. The van der Waals surface area contributed by atoms with E-state index in [4.69, 9.17) is 14.6 Å². The van der Waals surface area contributed by atoms with E-state index in [9.17, 15) is 4.79 Å². The smallest absolute Gasteiger partial charge is 0.356 e. The third-order valence-corrected chi connectivity index (χ3v) is 4.36. The number of hydrogen-bond acceptors (Lipinski definition) is 6. The lowest BCUT2D eigenvalue weighted by molar-refractivity contribution is 0.0690. The molecule has 7 heteroatoms. The number of ether oxygens (including phenoxy) is 2. The molecular weight excluding hydrogens is 310 g/mol. The van der Waals surface area contributed by atoms with Crippen molar-refractivity contribution in [1.29, 1.82) is 0 Å². The third-order valence-electron chi connectivity index (χ3n) is 4.36. The Bertz CT molecular complexity index is 763. The maximum atomic E-state index is 10.9. The number of nitrogens with zero attached hydrogens (tertiary/aromatic N) is 3. The van der Waals surface area contributed by atoms with Gasteiger partial charge in [-0.1, -0.05) is 12.1 Å². The summed E-state index contributed by atoms with van der Waals surface area (Å²) in [4.78, 5) is 21.3. The first kappa shape index (κ1) is 14.7. The van der Waals surface area contributed by atoms with Crippen molar-refractivity contribution < 1.29 is 19.4 Å². The maximum absolute atomic E-state index is 10.9. The molecule has 3 heterocycles. The number of carbonyl (C=O) groups is 1. The van der Waals surface area contributed by atoms with Crippen molar-refractivity contribution in [3.05, 3.63) is 41.9 Å². The quantitative estimate of drug-likeness (QED) is 0.925. The fourth-order valence-electron chi connectivity index (χ4n) is 3.30. The zero-order chi connectivity index (χ0) is 16.5. The normalized spacial score (nSPS) is 19.3. The molecule has 0 radical (unpaired) electrons. The van der Waals surface area contributed by atoms with Gasteiger partial charge in [0.1, 0.15) is 19.0 Å². The maximum Gasteiger partial charge on any atom is 0.356 e. The predicted octanol–water partition coefficient (Wildman–Crippen LogP) is 2.29. The minimum Gasteiger partial charge on any atom is -0.486 e. The van der Waals surface area contributed by atoms with Gasteiger partial charge in [-0.05, 0) is 18.9 Å². The fraction of sp³-hybridized carbons (Fsp3) is 0.353. The van der Waals surface area contributed by atoms with Crippen molar-refractivity contribution >= 4 is 11.8 Å². The third kappa shape index (κ3) is 2.51. The summed E-state index contributed by atoms with van der Waals surface area (Å²) >= 11 is 0. The van der Waals surface area contributed by atoms with Gasteiger partial charge < -0.3 is 19.5 Å². The number of rotatable bonds is 3. The first-order valence-electron chi connectivity index (χ1n) is 7.94. The number of anilines is 1. The molecule has 0 saturated carbocycles. The van der Waals surface area contributed by atoms with E-state index < -0.39 is 5.97 Å². The highest BCUT2D eigenvalue weighted by Crippen LogP contribution is 2.43. The van der Waals surface area contributed by atoms with Crippen LogP contribution in [0.2, 0.25) is 0 Å². The number of benzene rings is 1. The number of carboxylic acids is 1. The molecule has 1 unspecified atom stereocenters. The lowest BCUT2D eigenvalue weighted by atomic mass is 10.0. The number of para-hydroxylation sites is 1. The SMILES string of the molecule is O=C(O)c1cnc(N2CCCC2c2cccc3c2OCCO3)cn1. The van der Waals surface area contributed by atoms with Gasteiger partial charge in [0, 0.05) is 12.1 Å². The van der Waals surface area contributed by atoms with Crippen LogP contribution >= 0.6 is 0 Å². The molecule has 1 fully saturated rings. The minimum absolute atomic E-state index is 0.0525. The van der Waals surface area contributed by atoms with E-state index in [1.165, 1.54) is 12.4 Å². The van der Waals surface area contributed by atoms with Crippen molar-refractivity contribution in [1.82, 2.24) is 9.97 Å². The highest BCUT2D eigenvalue weighted by atomic mass is 16.6. The van der Waals surface area contributed by atoms with E-state index in [0.717, 1.165) is 36.4 Å². The van der Waals surface area contributed by atoms with Crippen molar-refractivity contribution in [3.8, 4) is 11.5 Å². The molecule has 0 spiro atoms. The molecular formula is C17H17N3O4. The van der Waals surface area contributed by atoms with Crippen molar-refractivity contribution in [2.75, 3.05) is 24.7 Å². The molecule has 0 aliphatic carbocycles. The Morgan fingerprint density at radius 3 is 2.88 bits per heavy atom. The van der Waals surface area contributed by atoms with Gasteiger partial charge >= 0.3 is 5.97 Å². The zero-order valence-corrected chi connectivity index (χ0v) is 13.0. The summed E-state index contributed by atoms with van der Waals surface area (Å²) in [5, 5.41) is 8.96. The summed E-state index contributed by atoms with van der Waals surface area (Å²) in [5.74, 6) is 1.18. The van der Waals surface area contributed by atoms with Crippen molar-refractivity contribution in [2.24, 2.45) is 0 Å². The van der Waals surface area contributed by atoms with Gasteiger partial charge in [-0.15, -0.1) is 0 Å². The molecule has 4 rings (SSSR count). The summed E-state index contributed by atoms with van der Waals surface area (Å²) in [6.07, 6.45) is 4.82. The average molecular weight is 327 g/mol. The Hall–Kier alpha value is -2.83. The Morgan fingerprint density at radius 1 is 1.21 bits per heavy atom. The number of aromatic carboxylic acids is 1. The molecule has 7 nitrogen and oxygen atoms in total. The van der Waals surface area contributed by atoms with Crippen LogP contribution in [0.1, 0.15) is 34.9 Å². The second-order valence-corrected chi connectivity index (χ2v) is 5.79. The van der Waals surface area contributed by atoms with Gasteiger partial charge in [0.15, 0.2) is 17.2 Å². The lowest BCUT2D eigenvalue weighted by Crippen LogP contribution is -2.25. The molecule has 1 aromatic carbocycles. The van der Waals surface area contributed by atoms with Gasteiger partial charge in [-0.2, -0.15) is 0 Å². The molecule has 1 aromatic heterocycles. The van der Waals surface area contributed by atoms with Gasteiger partial charge in [-0.25, -0.2) is 14.8 Å². The molecule has 2 aliphatic rings. The zero-order valence-electron chi connectivity index (χ0n) is 13.0. The molecule has 1 saturated heterocycles. The molecule has 124 valence electrons. The summed E-state index contributed by atoms with van der Waals surface area (Å²) in [6, 6.07) is 6.05. The van der Waals surface area contributed by atoms with E-state index in [-0.39, 0.29) is 11.7 Å². The van der Waals surface area contributed by atoms with Crippen LogP contribution < -0.4 is 14.4 Å². The lowest BCUT2D eigenvalue weighted by Gasteiger charge is -2.29. The first-order chi connectivity index (χ1) is 11.7. The Balaban J connectivity index is 1.67. The van der Waals surface area contributed by atoms with E-state index >= 15 is 0 Å². The largest absolute Gasteiger partial charge is 0.486 e. The number of carboxylic acid groups (broad SMARTS) is 1. The van der Waals surface area contributed by atoms with Crippen LogP contribution in [0, 0.1) is 0 Å². The monoisotopic (exact) mass is 327 g/mol. The van der Waals surface area contributed by atoms with Gasteiger partial charge in [0.05, 0.1) is 18.4 Å². The Kier molecular flexibility index (Phi) is 3.68. The first-order valence-corrected chi connectivity index (χ1v) is 7.94. The van der Waals surface area contributed by atoms with E-state index in [2.05, 4.69) is 20.9 Å². The van der Waals surface area contributed by atoms with Crippen LogP contribution in [-0.2, 0) is 0 Å². The van der Waals surface area contributed by atoms with E-state index in [1.54, 1.807) is 0 Å². The minimum atomic E-state index is -1.07. The van der Waals surface area contributed by atoms with E-state index in [1.807, 2.05) is 12.1 Å². The number of aromatic nitrogens is 2. The topological polar surface area (TPSA) is 84.8 Å². The highest BCUT2D eigenvalue weighted by molar-refractivity contribution is 5.84. The molecule has 0 amide bonds. The van der Waals surface area contributed by atoms with Crippen molar-refractivity contribution in [3.63, 3.8) is 0 Å². The summed E-state index contributed by atoms with van der Waals surface area (Å²) in [7, 11) is 0. The van der Waals surface area contributed by atoms with Crippen LogP contribution in [0.15, 0.2) is 30.6 Å². The van der Waals surface area contributed by atoms with Crippen LogP contribution in [0.25, 0.3) is 0 Å². The van der Waals surface area contributed by atoms with Crippen molar-refractivity contribution in [2.45, 2.75) is 18.9 Å². The fourth-order valence-corrected chi connectivity index (χ4v) is 3.30. The van der Waals surface area contributed by atoms with Crippen LogP contribution in [0.3, 0.4) is 0 Å². The van der Waals surface area contributed by atoms with E-state index in [0.29, 0.717) is 19.0 Å².